The summed E-state index contributed by atoms with van der Waals surface area (Å²) in [7, 11) is -4.81. The van der Waals surface area contributed by atoms with E-state index in [4.69, 9.17) is 9.26 Å². The van der Waals surface area contributed by atoms with Crippen LogP contribution in [0.25, 0.3) is 0 Å². The number of hydrogen-bond acceptors (Lipinski definition) is 1. The van der Waals surface area contributed by atoms with Crippen LogP contribution in [0, 0.1) is 0 Å². The van der Waals surface area contributed by atoms with Gasteiger partial charge in [0.1, 0.15) is 0 Å². The average molecular weight is 586 g/mol. The Kier molecular flexibility index (Phi) is 8.64. The normalized spacial score (nSPS) is 25.3. The van der Waals surface area contributed by atoms with Crippen LogP contribution in [-0.2, 0) is 6.18 Å². The zero-order chi connectivity index (χ0) is 26.9. The molecule has 0 amide bonds. The van der Waals surface area contributed by atoms with Crippen LogP contribution in [0.1, 0.15) is 69.8 Å². The number of hydrogen-bond donors (Lipinski definition) is 0. The van der Waals surface area contributed by atoms with Gasteiger partial charge in [-0.05, 0) is 88.5 Å². The minimum atomic E-state index is -4.35. The molecule has 0 atom stereocenters. The Morgan fingerprint density at radius 1 is 0.513 bits per heavy atom. The second-order valence-corrected chi connectivity index (χ2v) is 17.5. The molecule has 0 radical (unpaired) electrons. The zero-order valence-electron chi connectivity index (χ0n) is 23.1. The molecule has 0 aromatic heterocycles. The van der Waals surface area contributed by atoms with Gasteiger partial charge in [0.25, 0.3) is 0 Å². The third-order valence-corrected chi connectivity index (χ3v) is 17.2. The van der Waals surface area contributed by atoms with E-state index in [0.717, 1.165) is 91.1 Å². The Balaban J connectivity index is 1.60. The lowest BCUT2D eigenvalue weighted by atomic mass is 10.2. The van der Waals surface area contributed by atoms with Gasteiger partial charge in [0.15, 0.2) is 7.51 Å². The highest BCUT2D eigenvalue weighted by molar-refractivity contribution is 7.71. The fourth-order valence-corrected chi connectivity index (χ4v) is 17.0. The van der Waals surface area contributed by atoms with E-state index >= 15 is 0 Å². The average Bonchev–Trinajstić information content (AvgIpc) is 3.79. The zero-order valence-corrected chi connectivity index (χ0v) is 24.9. The van der Waals surface area contributed by atoms with Crippen molar-refractivity contribution >= 4 is 20.7 Å². The highest BCUT2D eigenvalue weighted by atomic mass is 31.2. The molecule has 0 unspecified atom stereocenters. The van der Waals surface area contributed by atoms with Crippen molar-refractivity contribution in [3.63, 3.8) is 0 Å². The van der Waals surface area contributed by atoms with E-state index in [1.165, 1.54) is 50.7 Å². The Labute approximate surface area is 232 Å². The van der Waals surface area contributed by atoms with Crippen molar-refractivity contribution in [2.24, 2.45) is 9.26 Å². The molecule has 39 heavy (non-hydrogen) atoms. The molecular formula is C27H44F3N7P2. The van der Waals surface area contributed by atoms with Crippen LogP contribution in [0.2, 0.25) is 0 Å². The highest BCUT2D eigenvalue weighted by Crippen LogP contribution is 2.74. The monoisotopic (exact) mass is 585 g/mol. The second kappa shape index (κ2) is 11.9. The van der Waals surface area contributed by atoms with Gasteiger partial charge in [0.2, 0.25) is 7.51 Å². The first-order valence-electron chi connectivity index (χ1n) is 15.1. The maximum atomic E-state index is 13.4. The van der Waals surface area contributed by atoms with Crippen LogP contribution in [0.4, 0.5) is 18.9 Å². The lowest BCUT2D eigenvalue weighted by molar-refractivity contribution is -0.137. The fraction of sp³-hybridized carbons (Fsp3) is 0.778. The molecule has 1 aromatic rings. The van der Waals surface area contributed by atoms with Gasteiger partial charge < -0.3 is 0 Å². The van der Waals surface area contributed by atoms with Crippen molar-refractivity contribution in [3.05, 3.63) is 29.8 Å². The summed E-state index contributed by atoms with van der Waals surface area (Å²) in [5.41, 5.74) is 0.0268. The SMILES string of the molecule is FC(F)(F)c1ccc(N=P(N=P(N2CCCC2)(N2CCCC2)N2CCCC2)(N2CCCC2)N2CCCC2)cc1. The van der Waals surface area contributed by atoms with E-state index in [-0.39, 0.29) is 0 Å². The highest BCUT2D eigenvalue weighted by Gasteiger charge is 2.48. The van der Waals surface area contributed by atoms with Crippen molar-refractivity contribution in [3.8, 4) is 0 Å². The van der Waals surface area contributed by atoms with Crippen molar-refractivity contribution in [2.75, 3.05) is 65.4 Å². The summed E-state index contributed by atoms with van der Waals surface area (Å²) in [6, 6.07) is 5.57. The number of halogens is 3. The van der Waals surface area contributed by atoms with Crippen LogP contribution >= 0.6 is 15.0 Å². The fourth-order valence-electron chi connectivity index (χ4n) is 7.02. The van der Waals surface area contributed by atoms with Gasteiger partial charge in [-0.1, -0.05) is 0 Å². The molecule has 0 aliphatic carbocycles. The topological polar surface area (TPSA) is 40.9 Å². The summed E-state index contributed by atoms with van der Waals surface area (Å²) in [4.78, 5) is 0. The maximum Gasteiger partial charge on any atom is 0.416 e. The van der Waals surface area contributed by atoms with E-state index in [0.29, 0.717) is 5.69 Å². The third kappa shape index (κ3) is 5.57. The minimum Gasteiger partial charge on any atom is -0.245 e. The molecule has 0 spiro atoms. The van der Waals surface area contributed by atoms with E-state index in [9.17, 15) is 13.2 Å². The maximum absolute atomic E-state index is 13.4. The molecule has 7 nitrogen and oxygen atoms in total. The number of rotatable bonds is 7. The van der Waals surface area contributed by atoms with Crippen molar-refractivity contribution in [2.45, 2.75) is 70.4 Å². The summed E-state index contributed by atoms with van der Waals surface area (Å²) < 4.78 is 65.5. The Morgan fingerprint density at radius 3 is 1.18 bits per heavy atom. The molecule has 12 heteroatoms. The first-order chi connectivity index (χ1) is 18.9. The van der Waals surface area contributed by atoms with Gasteiger partial charge in [-0.25, -0.2) is 28.1 Å². The molecule has 218 valence electrons. The molecular weight excluding hydrogens is 541 g/mol. The van der Waals surface area contributed by atoms with Gasteiger partial charge in [-0.15, -0.1) is 0 Å². The van der Waals surface area contributed by atoms with E-state index in [1.807, 2.05) is 0 Å². The Hall–Kier alpha value is -0.730. The van der Waals surface area contributed by atoms with Crippen LogP contribution in [0.15, 0.2) is 33.5 Å². The van der Waals surface area contributed by atoms with Crippen LogP contribution < -0.4 is 0 Å². The van der Waals surface area contributed by atoms with Gasteiger partial charge in [0.05, 0.1) is 11.3 Å². The lowest BCUT2D eigenvalue weighted by Gasteiger charge is -2.49. The molecule has 0 saturated carbocycles. The molecule has 5 heterocycles. The molecule has 5 aliphatic heterocycles. The smallest absolute Gasteiger partial charge is 0.245 e. The third-order valence-electron chi connectivity index (χ3n) is 8.99. The largest absolute Gasteiger partial charge is 0.416 e. The number of alkyl halides is 3. The predicted molar refractivity (Wildman–Crippen MR) is 154 cm³/mol. The molecule has 1 aromatic carbocycles. The summed E-state index contributed by atoms with van der Waals surface area (Å²) in [5, 5.41) is 0. The molecule has 6 rings (SSSR count). The van der Waals surface area contributed by atoms with Gasteiger partial charge in [-0.3, -0.25) is 0 Å². The summed E-state index contributed by atoms with van der Waals surface area (Å²) in [6.07, 6.45) is 7.49. The minimum absolute atomic E-state index is 0.613. The van der Waals surface area contributed by atoms with Gasteiger partial charge in [-0.2, -0.15) is 17.7 Å². The predicted octanol–water partition coefficient (Wildman–Crippen LogP) is 7.71. The van der Waals surface area contributed by atoms with Crippen LogP contribution in [-0.4, -0.2) is 88.8 Å². The Bertz CT molecular complexity index is 1010. The lowest BCUT2D eigenvalue weighted by Crippen LogP contribution is -2.39. The second-order valence-electron chi connectivity index (χ2n) is 11.6. The van der Waals surface area contributed by atoms with Crippen LogP contribution in [0.3, 0.4) is 0 Å². The summed E-state index contributed by atoms with van der Waals surface area (Å²) in [6.45, 7) is 10.4. The Morgan fingerprint density at radius 2 is 0.846 bits per heavy atom. The standard InChI is InChI=1S/C27H44F3N7P2/c28-27(29,30)25-11-13-26(14-12-25)31-38(33-15-1-2-16-33,34-17-3-4-18-34)32-39(35-19-5-6-20-35,36-21-7-8-22-36)37-23-9-10-24-37/h11-14H,1-10,15-24H2. The van der Waals surface area contributed by atoms with E-state index < -0.39 is 26.8 Å². The summed E-state index contributed by atoms with van der Waals surface area (Å²) in [5.74, 6) is 0. The molecule has 5 saturated heterocycles. The molecule has 5 fully saturated rings. The molecule has 0 bridgehead atoms. The van der Waals surface area contributed by atoms with Gasteiger partial charge >= 0.3 is 6.18 Å². The van der Waals surface area contributed by atoms with E-state index in [1.54, 1.807) is 12.1 Å². The first kappa shape index (κ1) is 28.4. The van der Waals surface area contributed by atoms with Crippen LogP contribution in [0.5, 0.6) is 0 Å². The van der Waals surface area contributed by atoms with Crippen molar-refractivity contribution < 1.29 is 13.2 Å². The molecule has 0 N–H and O–H groups in total. The quantitative estimate of drug-likeness (QED) is 0.307. The van der Waals surface area contributed by atoms with E-state index in [2.05, 4.69) is 23.4 Å². The number of nitrogens with zero attached hydrogens (tertiary/aromatic N) is 7. The first-order valence-corrected chi connectivity index (χ1v) is 18.3. The van der Waals surface area contributed by atoms with Crippen molar-refractivity contribution in [1.82, 2.24) is 23.4 Å². The number of benzene rings is 1. The van der Waals surface area contributed by atoms with Gasteiger partial charge in [0, 0.05) is 65.4 Å². The summed E-state index contributed by atoms with van der Waals surface area (Å²) >= 11 is 0. The molecule has 5 aliphatic rings. The van der Waals surface area contributed by atoms with Crippen molar-refractivity contribution in [1.29, 1.82) is 0 Å².